The molecule has 2 rings (SSSR count). The van der Waals surface area contributed by atoms with Gasteiger partial charge in [-0.2, -0.15) is 0 Å². The maximum Gasteiger partial charge on any atom is 0.0233 e. The Labute approximate surface area is 106 Å². The zero-order chi connectivity index (χ0) is 12.1. The molecule has 1 heterocycles. The van der Waals surface area contributed by atoms with Crippen molar-refractivity contribution in [3.05, 3.63) is 35.9 Å². The van der Waals surface area contributed by atoms with Gasteiger partial charge in [-0.3, -0.25) is 4.90 Å². The first-order valence-corrected chi connectivity index (χ1v) is 7.06. The van der Waals surface area contributed by atoms with Crippen LogP contribution in [0.4, 0.5) is 0 Å². The minimum Gasteiger partial charge on any atom is -0.299 e. The number of piperidine rings is 1. The van der Waals surface area contributed by atoms with E-state index in [-0.39, 0.29) is 0 Å². The average molecular weight is 231 g/mol. The van der Waals surface area contributed by atoms with Gasteiger partial charge >= 0.3 is 0 Å². The first-order valence-electron chi connectivity index (χ1n) is 7.06. The molecule has 94 valence electrons. The normalized spacial score (nSPS) is 23.5. The van der Waals surface area contributed by atoms with Crippen LogP contribution in [0.25, 0.3) is 0 Å². The second-order valence-corrected chi connectivity index (χ2v) is 5.51. The summed E-state index contributed by atoms with van der Waals surface area (Å²) in [4.78, 5) is 2.63. The fourth-order valence-corrected chi connectivity index (χ4v) is 2.87. The predicted molar refractivity (Wildman–Crippen MR) is 73.9 cm³/mol. The number of nitrogens with zero attached hydrogens (tertiary/aromatic N) is 1. The lowest BCUT2D eigenvalue weighted by molar-refractivity contribution is 0.132. The third-order valence-corrected chi connectivity index (χ3v) is 4.24. The summed E-state index contributed by atoms with van der Waals surface area (Å²) in [7, 11) is 0. The molecule has 0 bridgehead atoms. The van der Waals surface area contributed by atoms with E-state index >= 15 is 0 Å². The van der Waals surface area contributed by atoms with E-state index in [0.29, 0.717) is 0 Å². The van der Waals surface area contributed by atoms with Gasteiger partial charge in [0.25, 0.3) is 0 Å². The van der Waals surface area contributed by atoms with E-state index in [1.54, 1.807) is 0 Å². The van der Waals surface area contributed by atoms with Crippen LogP contribution < -0.4 is 0 Å². The Morgan fingerprint density at radius 2 is 2.06 bits per heavy atom. The molecule has 2 atom stereocenters. The molecule has 0 N–H and O–H groups in total. The van der Waals surface area contributed by atoms with Crippen LogP contribution in [0.5, 0.6) is 0 Å². The first-order chi connectivity index (χ1) is 8.29. The van der Waals surface area contributed by atoms with Gasteiger partial charge in [0.15, 0.2) is 0 Å². The van der Waals surface area contributed by atoms with E-state index in [0.717, 1.165) is 18.4 Å². The maximum absolute atomic E-state index is 2.63. The topological polar surface area (TPSA) is 3.24 Å². The third-order valence-electron chi connectivity index (χ3n) is 4.24. The van der Waals surface area contributed by atoms with Crippen molar-refractivity contribution < 1.29 is 0 Å². The fourth-order valence-electron chi connectivity index (χ4n) is 2.87. The van der Waals surface area contributed by atoms with Gasteiger partial charge in [-0.25, -0.2) is 0 Å². The molecule has 0 saturated carbocycles. The second-order valence-electron chi connectivity index (χ2n) is 5.51. The zero-order valence-electron chi connectivity index (χ0n) is 11.2. The van der Waals surface area contributed by atoms with E-state index in [1.165, 1.54) is 37.9 Å². The molecule has 1 aliphatic rings. The van der Waals surface area contributed by atoms with Gasteiger partial charge in [-0.1, -0.05) is 50.6 Å². The van der Waals surface area contributed by atoms with Crippen LogP contribution >= 0.6 is 0 Å². The zero-order valence-corrected chi connectivity index (χ0v) is 11.2. The Hall–Kier alpha value is -0.820. The summed E-state index contributed by atoms with van der Waals surface area (Å²) >= 11 is 0. The predicted octanol–water partition coefficient (Wildman–Crippen LogP) is 3.94. The molecular formula is C16H25N. The van der Waals surface area contributed by atoms with Gasteiger partial charge < -0.3 is 0 Å². The van der Waals surface area contributed by atoms with Crippen LogP contribution in [-0.4, -0.2) is 18.0 Å². The van der Waals surface area contributed by atoms with Crippen LogP contribution in [0.15, 0.2) is 30.3 Å². The summed E-state index contributed by atoms with van der Waals surface area (Å²) in [6.45, 7) is 8.44. The lowest BCUT2D eigenvalue weighted by Gasteiger charge is -2.35. The average Bonchev–Trinajstić information content (AvgIpc) is 2.39. The number of benzene rings is 1. The number of likely N-dealkylation sites (tertiary alicyclic amines) is 1. The maximum atomic E-state index is 2.63. The fraction of sp³-hybridized carbons (Fsp3) is 0.625. The van der Waals surface area contributed by atoms with E-state index in [9.17, 15) is 0 Å². The standard InChI is InChI=1S/C16H25N/c1-3-14(2)16-10-7-11-17(13-16)12-15-8-5-4-6-9-15/h4-6,8-9,14,16H,3,7,10-13H2,1-2H3. The van der Waals surface area contributed by atoms with Gasteiger partial charge in [-0.05, 0) is 36.8 Å². The number of hydrogen-bond donors (Lipinski definition) is 0. The quantitative estimate of drug-likeness (QED) is 0.758. The Balaban J connectivity index is 1.89. The van der Waals surface area contributed by atoms with Crippen molar-refractivity contribution in [3.8, 4) is 0 Å². The van der Waals surface area contributed by atoms with Gasteiger partial charge in [0.05, 0.1) is 0 Å². The summed E-state index contributed by atoms with van der Waals surface area (Å²) in [5.74, 6) is 1.80. The molecule has 1 aliphatic heterocycles. The van der Waals surface area contributed by atoms with Crippen LogP contribution in [0.1, 0.15) is 38.7 Å². The molecule has 0 spiro atoms. The molecule has 1 saturated heterocycles. The molecule has 1 aromatic rings. The summed E-state index contributed by atoms with van der Waals surface area (Å²) in [6, 6.07) is 10.9. The number of hydrogen-bond acceptors (Lipinski definition) is 1. The molecule has 17 heavy (non-hydrogen) atoms. The highest BCUT2D eigenvalue weighted by molar-refractivity contribution is 5.14. The minimum absolute atomic E-state index is 0.883. The van der Waals surface area contributed by atoms with Gasteiger partial charge in [0, 0.05) is 13.1 Å². The van der Waals surface area contributed by atoms with Crippen LogP contribution in [-0.2, 0) is 6.54 Å². The Kier molecular flexibility index (Phi) is 4.61. The van der Waals surface area contributed by atoms with Gasteiger partial charge in [-0.15, -0.1) is 0 Å². The van der Waals surface area contributed by atoms with Crippen LogP contribution in [0.3, 0.4) is 0 Å². The SMILES string of the molecule is CCC(C)C1CCCN(Cc2ccccc2)C1. The Morgan fingerprint density at radius 3 is 2.76 bits per heavy atom. The molecule has 1 aromatic carbocycles. The molecule has 1 fully saturated rings. The highest BCUT2D eigenvalue weighted by atomic mass is 15.1. The van der Waals surface area contributed by atoms with E-state index in [4.69, 9.17) is 0 Å². The summed E-state index contributed by atoms with van der Waals surface area (Å²) in [6.07, 6.45) is 4.13. The second kappa shape index (κ2) is 6.20. The molecule has 0 radical (unpaired) electrons. The molecule has 1 heteroatoms. The summed E-state index contributed by atoms with van der Waals surface area (Å²) in [5.41, 5.74) is 1.46. The van der Waals surface area contributed by atoms with Crippen LogP contribution in [0.2, 0.25) is 0 Å². The van der Waals surface area contributed by atoms with Crippen molar-refractivity contribution >= 4 is 0 Å². The summed E-state index contributed by atoms with van der Waals surface area (Å²) in [5, 5.41) is 0. The van der Waals surface area contributed by atoms with Crippen molar-refractivity contribution in [1.29, 1.82) is 0 Å². The van der Waals surface area contributed by atoms with Gasteiger partial charge in [0.2, 0.25) is 0 Å². The first kappa shape index (κ1) is 12.6. The van der Waals surface area contributed by atoms with Gasteiger partial charge in [0.1, 0.15) is 0 Å². The highest BCUT2D eigenvalue weighted by Crippen LogP contribution is 2.26. The Bertz CT molecular complexity index is 320. The molecule has 0 amide bonds. The van der Waals surface area contributed by atoms with Crippen molar-refractivity contribution in [1.82, 2.24) is 4.90 Å². The minimum atomic E-state index is 0.883. The molecule has 1 nitrogen and oxygen atoms in total. The van der Waals surface area contributed by atoms with E-state index < -0.39 is 0 Å². The van der Waals surface area contributed by atoms with Crippen molar-refractivity contribution in [3.63, 3.8) is 0 Å². The highest BCUT2D eigenvalue weighted by Gasteiger charge is 2.23. The molecule has 2 unspecified atom stereocenters. The van der Waals surface area contributed by atoms with E-state index in [1.807, 2.05) is 0 Å². The van der Waals surface area contributed by atoms with Crippen LogP contribution in [0, 0.1) is 11.8 Å². The smallest absolute Gasteiger partial charge is 0.0233 e. The van der Waals surface area contributed by atoms with E-state index in [2.05, 4.69) is 49.1 Å². The largest absolute Gasteiger partial charge is 0.299 e. The molecule has 0 aromatic heterocycles. The lowest BCUT2D eigenvalue weighted by Crippen LogP contribution is -2.37. The number of rotatable bonds is 4. The van der Waals surface area contributed by atoms with Crippen molar-refractivity contribution in [2.24, 2.45) is 11.8 Å². The third kappa shape index (κ3) is 3.57. The lowest BCUT2D eigenvalue weighted by atomic mass is 9.85. The summed E-state index contributed by atoms with van der Waals surface area (Å²) < 4.78 is 0. The molecular weight excluding hydrogens is 206 g/mol. The monoisotopic (exact) mass is 231 g/mol. The van der Waals surface area contributed by atoms with Crippen molar-refractivity contribution in [2.45, 2.75) is 39.7 Å². The Morgan fingerprint density at radius 1 is 1.29 bits per heavy atom. The molecule has 0 aliphatic carbocycles. The van der Waals surface area contributed by atoms with Crippen molar-refractivity contribution in [2.75, 3.05) is 13.1 Å².